The lowest BCUT2D eigenvalue weighted by molar-refractivity contribution is 0.467. The Kier molecular flexibility index (Phi) is 3.20. The second-order valence-electron chi connectivity index (χ2n) is 4.04. The summed E-state index contributed by atoms with van der Waals surface area (Å²) in [6.45, 7) is 0. The maximum absolute atomic E-state index is 8.87. The average Bonchev–Trinajstić information content (AvgIpc) is 2.51. The van der Waals surface area contributed by atoms with E-state index < -0.39 is 0 Å². The van der Waals surface area contributed by atoms with Crippen molar-refractivity contribution < 1.29 is 4.74 Å². The van der Waals surface area contributed by atoms with Crippen molar-refractivity contribution in [2.75, 3.05) is 0 Å². The molecule has 5 heteroatoms. The van der Waals surface area contributed by atoms with Crippen LogP contribution >= 0.6 is 11.6 Å². The normalized spacial score (nSPS) is 10.2. The number of nitriles is 1. The van der Waals surface area contributed by atoms with Gasteiger partial charge >= 0.3 is 0 Å². The zero-order valence-corrected chi connectivity index (χ0v) is 11.0. The van der Waals surface area contributed by atoms with E-state index in [0.29, 0.717) is 27.7 Å². The molecule has 0 amide bonds. The van der Waals surface area contributed by atoms with Crippen LogP contribution in [0, 0.1) is 11.3 Å². The number of pyridine rings is 2. The third-order valence-electron chi connectivity index (χ3n) is 2.76. The molecule has 3 aromatic rings. The summed E-state index contributed by atoms with van der Waals surface area (Å²) in [5.41, 5.74) is 1.14. The summed E-state index contributed by atoms with van der Waals surface area (Å²) in [5, 5.41) is 10.3. The van der Waals surface area contributed by atoms with Gasteiger partial charge in [0.2, 0.25) is 5.88 Å². The van der Waals surface area contributed by atoms with Gasteiger partial charge in [0.25, 0.3) is 0 Å². The second kappa shape index (κ2) is 5.16. The summed E-state index contributed by atoms with van der Waals surface area (Å²) in [5.74, 6) is 0.894. The van der Waals surface area contributed by atoms with Gasteiger partial charge in [0.05, 0.1) is 16.7 Å². The number of hydrogen-bond acceptors (Lipinski definition) is 4. The Hall–Kier alpha value is -2.64. The van der Waals surface area contributed by atoms with Crippen LogP contribution in [0.4, 0.5) is 0 Å². The van der Waals surface area contributed by atoms with E-state index in [4.69, 9.17) is 21.6 Å². The third-order valence-corrected chi connectivity index (χ3v) is 3.09. The number of ether oxygens (including phenoxy) is 1. The topological polar surface area (TPSA) is 58.8 Å². The fraction of sp³-hybridized carbons (Fsp3) is 0. The first-order valence-electron chi connectivity index (χ1n) is 5.85. The van der Waals surface area contributed by atoms with Gasteiger partial charge < -0.3 is 4.74 Å². The lowest BCUT2D eigenvalue weighted by Crippen LogP contribution is -1.91. The molecule has 0 aliphatic carbocycles. The van der Waals surface area contributed by atoms with E-state index in [1.165, 1.54) is 6.20 Å². The summed E-state index contributed by atoms with van der Waals surface area (Å²) < 4.78 is 5.71. The van der Waals surface area contributed by atoms with Gasteiger partial charge in [0.15, 0.2) is 5.75 Å². The van der Waals surface area contributed by atoms with Gasteiger partial charge in [-0.25, -0.2) is 4.98 Å². The number of nitrogens with zero attached hydrogens (tertiary/aromatic N) is 3. The average molecular weight is 282 g/mol. The molecular weight excluding hydrogens is 274 g/mol. The van der Waals surface area contributed by atoms with E-state index >= 15 is 0 Å². The number of rotatable bonds is 2. The Morgan fingerprint density at radius 1 is 1.10 bits per heavy atom. The predicted octanol–water partition coefficient (Wildman–Crippen LogP) is 3.95. The van der Waals surface area contributed by atoms with E-state index in [9.17, 15) is 0 Å². The quantitative estimate of drug-likeness (QED) is 0.714. The van der Waals surface area contributed by atoms with Gasteiger partial charge in [-0.2, -0.15) is 5.26 Å². The fourth-order valence-electron chi connectivity index (χ4n) is 1.84. The molecule has 2 aromatic heterocycles. The largest absolute Gasteiger partial charge is 0.437 e. The van der Waals surface area contributed by atoms with Crippen molar-refractivity contribution in [1.29, 1.82) is 5.26 Å². The minimum atomic E-state index is 0.346. The smallest absolute Gasteiger partial charge is 0.220 e. The maximum Gasteiger partial charge on any atom is 0.220 e. The molecule has 0 unspecified atom stereocenters. The number of benzene rings is 1. The molecule has 20 heavy (non-hydrogen) atoms. The Morgan fingerprint density at radius 3 is 2.85 bits per heavy atom. The minimum absolute atomic E-state index is 0.346. The summed E-state index contributed by atoms with van der Waals surface area (Å²) in [4.78, 5) is 8.36. The molecule has 0 aliphatic heterocycles. The summed E-state index contributed by atoms with van der Waals surface area (Å²) >= 11 is 6.13. The molecule has 0 saturated carbocycles. The molecule has 0 aliphatic rings. The molecule has 96 valence electrons. The Bertz CT molecular complexity index is 827. The molecule has 0 N–H and O–H groups in total. The molecule has 0 spiro atoms. The van der Waals surface area contributed by atoms with Crippen molar-refractivity contribution >= 4 is 22.5 Å². The van der Waals surface area contributed by atoms with Gasteiger partial charge in [0, 0.05) is 23.8 Å². The molecular formula is C15H8ClN3O. The van der Waals surface area contributed by atoms with Gasteiger partial charge in [-0.3, -0.25) is 4.98 Å². The minimum Gasteiger partial charge on any atom is -0.437 e. The van der Waals surface area contributed by atoms with Crippen LogP contribution in [0.25, 0.3) is 10.9 Å². The molecule has 0 saturated heterocycles. The molecule has 4 nitrogen and oxygen atoms in total. The van der Waals surface area contributed by atoms with E-state index in [2.05, 4.69) is 9.97 Å². The van der Waals surface area contributed by atoms with Crippen LogP contribution in [-0.2, 0) is 0 Å². The standard InChI is InChI=1S/C15H8ClN3O/c16-12-3-4-13(15-11(12)2-1-6-19-15)20-14-8-10(9-17)5-7-18-14/h1-8H. The van der Waals surface area contributed by atoms with Crippen molar-refractivity contribution in [2.45, 2.75) is 0 Å². The van der Waals surface area contributed by atoms with Crippen LogP contribution in [0.5, 0.6) is 11.6 Å². The Labute approximate surface area is 120 Å². The molecule has 0 fully saturated rings. The molecule has 0 radical (unpaired) electrons. The molecule has 1 aromatic carbocycles. The van der Waals surface area contributed by atoms with Crippen molar-refractivity contribution in [3.8, 4) is 17.7 Å². The highest BCUT2D eigenvalue weighted by molar-refractivity contribution is 6.35. The molecule has 2 heterocycles. The summed E-state index contributed by atoms with van der Waals surface area (Å²) in [6.07, 6.45) is 3.20. The fourth-order valence-corrected chi connectivity index (χ4v) is 2.06. The SMILES string of the molecule is N#Cc1ccnc(Oc2ccc(Cl)c3cccnc23)c1. The number of hydrogen-bond donors (Lipinski definition) is 0. The molecule has 0 atom stereocenters. The number of halogens is 1. The molecule has 0 bridgehead atoms. The zero-order chi connectivity index (χ0) is 13.9. The highest BCUT2D eigenvalue weighted by Crippen LogP contribution is 2.32. The first kappa shape index (κ1) is 12.4. The van der Waals surface area contributed by atoms with E-state index in [0.717, 1.165) is 5.39 Å². The van der Waals surface area contributed by atoms with E-state index in [1.54, 1.807) is 30.5 Å². The van der Waals surface area contributed by atoms with Crippen LogP contribution in [0.2, 0.25) is 5.02 Å². The lowest BCUT2D eigenvalue weighted by atomic mass is 10.2. The summed E-state index contributed by atoms with van der Waals surface area (Å²) in [6, 6.07) is 12.4. The van der Waals surface area contributed by atoms with E-state index in [-0.39, 0.29) is 0 Å². The highest BCUT2D eigenvalue weighted by Gasteiger charge is 2.08. The monoisotopic (exact) mass is 281 g/mol. The Balaban J connectivity index is 2.07. The van der Waals surface area contributed by atoms with Gasteiger partial charge in [-0.15, -0.1) is 0 Å². The number of fused-ring (bicyclic) bond motifs is 1. The molecule has 3 rings (SSSR count). The van der Waals surface area contributed by atoms with Crippen LogP contribution in [0.3, 0.4) is 0 Å². The Morgan fingerprint density at radius 2 is 2.00 bits per heavy atom. The highest BCUT2D eigenvalue weighted by atomic mass is 35.5. The predicted molar refractivity (Wildman–Crippen MR) is 75.8 cm³/mol. The first-order valence-corrected chi connectivity index (χ1v) is 6.23. The second-order valence-corrected chi connectivity index (χ2v) is 4.45. The van der Waals surface area contributed by atoms with Gasteiger partial charge in [-0.1, -0.05) is 11.6 Å². The van der Waals surface area contributed by atoms with Crippen molar-refractivity contribution in [2.24, 2.45) is 0 Å². The van der Waals surface area contributed by atoms with E-state index in [1.807, 2.05) is 18.2 Å². The van der Waals surface area contributed by atoms with Gasteiger partial charge in [-0.05, 0) is 30.3 Å². The van der Waals surface area contributed by atoms with Crippen molar-refractivity contribution in [3.63, 3.8) is 0 Å². The van der Waals surface area contributed by atoms with Crippen molar-refractivity contribution in [1.82, 2.24) is 9.97 Å². The third kappa shape index (κ3) is 2.27. The maximum atomic E-state index is 8.87. The van der Waals surface area contributed by atoms with Crippen LogP contribution in [0.15, 0.2) is 48.8 Å². The number of aromatic nitrogens is 2. The van der Waals surface area contributed by atoms with Crippen LogP contribution in [-0.4, -0.2) is 9.97 Å². The zero-order valence-electron chi connectivity index (χ0n) is 10.2. The van der Waals surface area contributed by atoms with Gasteiger partial charge in [0.1, 0.15) is 5.52 Å². The first-order chi connectivity index (χ1) is 9.78. The van der Waals surface area contributed by atoms with Crippen LogP contribution in [0.1, 0.15) is 5.56 Å². The van der Waals surface area contributed by atoms with Crippen molar-refractivity contribution in [3.05, 3.63) is 59.4 Å². The summed E-state index contributed by atoms with van der Waals surface area (Å²) in [7, 11) is 0. The van der Waals surface area contributed by atoms with Crippen LogP contribution < -0.4 is 4.74 Å². The lowest BCUT2D eigenvalue weighted by Gasteiger charge is -2.08.